The van der Waals surface area contributed by atoms with Crippen molar-refractivity contribution >= 4 is 34.6 Å². The van der Waals surface area contributed by atoms with E-state index in [1.807, 2.05) is 48.9 Å². The average Bonchev–Trinajstić information content (AvgIpc) is 3.19. The van der Waals surface area contributed by atoms with Crippen molar-refractivity contribution in [2.45, 2.75) is 19.9 Å². The number of urea groups is 1. The highest BCUT2D eigenvalue weighted by molar-refractivity contribution is 7.09. The molecule has 0 fully saturated rings. The van der Waals surface area contributed by atoms with Gasteiger partial charge in [-0.05, 0) is 37.5 Å². The van der Waals surface area contributed by atoms with Crippen LogP contribution in [-0.2, 0) is 0 Å². The zero-order valence-corrected chi connectivity index (χ0v) is 14.2. The second-order valence-corrected chi connectivity index (χ2v) is 6.65. The van der Waals surface area contributed by atoms with E-state index < -0.39 is 0 Å². The highest BCUT2D eigenvalue weighted by atomic mass is 32.1. The third kappa shape index (κ3) is 3.91. The predicted octanol–water partition coefficient (Wildman–Crippen LogP) is 3.85. The quantitative estimate of drug-likeness (QED) is 0.752. The largest absolute Gasteiger partial charge is 0.330 e. The van der Waals surface area contributed by atoms with Crippen LogP contribution in [0.3, 0.4) is 0 Å². The Kier molecular flexibility index (Phi) is 4.63. The molecule has 1 atom stereocenters. The van der Waals surface area contributed by atoms with Crippen LogP contribution < -0.4 is 10.6 Å². The number of hydrogen-bond acceptors (Lipinski definition) is 6. The van der Waals surface area contributed by atoms with E-state index in [0.717, 1.165) is 27.6 Å². The maximum atomic E-state index is 12.0. The molecule has 0 saturated carbocycles. The Morgan fingerprint density at radius 3 is 2.61 bits per heavy atom. The Hall–Kier alpha value is -2.32. The van der Waals surface area contributed by atoms with Crippen molar-refractivity contribution < 1.29 is 4.79 Å². The summed E-state index contributed by atoms with van der Waals surface area (Å²) in [5, 5.41) is 14.5. The molecule has 2 amide bonds. The summed E-state index contributed by atoms with van der Waals surface area (Å²) in [6.07, 6.45) is 0. The maximum Gasteiger partial charge on any atom is 0.319 e. The topological polar surface area (TPSA) is 79.8 Å². The Morgan fingerprint density at radius 2 is 2.00 bits per heavy atom. The molecule has 2 aromatic heterocycles. The monoisotopic (exact) mass is 345 g/mol. The lowest BCUT2D eigenvalue weighted by molar-refractivity contribution is 0.249. The number of aryl methyl sites for hydroxylation is 1. The highest BCUT2D eigenvalue weighted by Crippen LogP contribution is 2.20. The summed E-state index contributed by atoms with van der Waals surface area (Å²) in [6.45, 7) is 3.85. The van der Waals surface area contributed by atoms with Gasteiger partial charge in [-0.1, -0.05) is 16.6 Å². The molecule has 0 unspecified atom stereocenters. The van der Waals surface area contributed by atoms with E-state index in [1.165, 1.54) is 11.5 Å². The minimum atomic E-state index is -0.258. The summed E-state index contributed by atoms with van der Waals surface area (Å²) in [6, 6.07) is 7.09. The van der Waals surface area contributed by atoms with Crippen molar-refractivity contribution in [2.24, 2.45) is 0 Å². The van der Waals surface area contributed by atoms with Gasteiger partial charge in [-0.3, -0.25) is 0 Å². The van der Waals surface area contributed by atoms with Crippen LogP contribution in [0.4, 0.5) is 10.5 Å². The van der Waals surface area contributed by atoms with E-state index >= 15 is 0 Å². The fourth-order valence-electron chi connectivity index (χ4n) is 2.03. The second kappa shape index (κ2) is 6.84. The molecule has 2 heterocycles. The van der Waals surface area contributed by atoms with E-state index in [9.17, 15) is 4.79 Å². The maximum absolute atomic E-state index is 12.0. The van der Waals surface area contributed by atoms with Gasteiger partial charge in [0.2, 0.25) is 0 Å². The van der Waals surface area contributed by atoms with Gasteiger partial charge < -0.3 is 10.6 Å². The van der Waals surface area contributed by atoms with Crippen molar-refractivity contribution in [3.63, 3.8) is 0 Å². The van der Waals surface area contributed by atoms with Gasteiger partial charge in [0.1, 0.15) is 5.69 Å². The van der Waals surface area contributed by atoms with Crippen LogP contribution >= 0.6 is 22.9 Å². The van der Waals surface area contributed by atoms with Crippen LogP contribution in [0.5, 0.6) is 0 Å². The molecule has 0 bridgehead atoms. The van der Waals surface area contributed by atoms with Crippen molar-refractivity contribution in [3.8, 4) is 11.3 Å². The summed E-state index contributed by atoms with van der Waals surface area (Å²) in [5.74, 6) is 0. The van der Waals surface area contributed by atoms with Gasteiger partial charge >= 0.3 is 6.03 Å². The van der Waals surface area contributed by atoms with E-state index in [4.69, 9.17) is 0 Å². The molecule has 3 aromatic rings. The lowest BCUT2D eigenvalue weighted by Gasteiger charge is -2.13. The van der Waals surface area contributed by atoms with Crippen LogP contribution in [0.25, 0.3) is 11.3 Å². The Morgan fingerprint density at radius 1 is 1.22 bits per heavy atom. The molecule has 1 aromatic carbocycles. The van der Waals surface area contributed by atoms with Crippen LogP contribution in [-0.4, -0.2) is 20.6 Å². The molecular formula is C15H15N5OS2. The van der Waals surface area contributed by atoms with Gasteiger partial charge in [0.05, 0.1) is 16.7 Å². The number of rotatable bonds is 4. The Labute approximate surface area is 141 Å². The zero-order valence-electron chi connectivity index (χ0n) is 12.6. The van der Waals surface area contributed by atoms with Crippen molar-refractivity contribution in [1.29, 1.82) is 0 Å². The molecule has 118 valence electrons. The van der Waals surface area contributed by atoms with Crippen LogP contribution in [0, 0.1) is 6.92 Å². The van der Waals surface area contributed by atoms with Gasteiger partial charge in [0.25, 0.3) is 0 Å². The molecule has 2 N–H and O–H groups in total. The SMILES string of the molecule is Cc1nc([C@@H](C)NC(=O)Nc2ccc(-c3csnn3)cc2)cs1. The third-order valence-electron chi connectivity index (χ3n) is 3.23. The summed E-state index contributed by atoms with van der Waals surface area (Å²) in [5.41, 5.74) is 3.39. The molecule has 0 radical (unpaired) electrons. The molecule has 3 rings (SSSR count). The highest BCUT2D eigenvalue weighted by Gasteiger charge is 2.12. The molecule has 6 nitrogen and oxygen atoms in total. The second-order valence-electron chi connectivity index (χ2n) is 4.98. The number of carbonyl (C=O) groups is 1. The number of amides is 2. The van der Waals surface area contributed by atoms with Crippen LogP contribution in [0.1, 0.15) is 23.7 Å². The van der Waals surface area contributed by atoms with Gasteiger partial charge in [-0.2, -0.15) is 0 Å². The zero-order chi connectivity index (χ0) is 16.2. The van der Waals surface area contributed by atoms with Crippen molar-refractivity contribution in [3.05, 3.63) is 45.7 Å². The molecule has 0 spiro atoms. The lowest BCUT2D eigenvalue weighted by Crippen LogP contribution is -2.31. The molecule has 23 heavy (non-hydrogen) atoms. The smallest absolute Gasteiger partial charge is 0.319 e. The summed E-state index contributed by atoms with van der Waals surface area (Å²) in [4.78, 5) is 16.4. The fraction of sp³-hybridized carbons (Fsp3) is 0.200. The first-order valence-corrected chi connectivity index (χ1v) is 8.70. The standard InChI is InChI=1S/C15H15N5OS2/c1-9(13-7-22-10(2)17-13)16-15(21)18-12-5-3-11(4-6-12)14-8-23-20-19-14/h3-9H,1-2H3,(H2,16,18,21)/t9-/m1/s1. The number of hydrogen-bond donors (Lipinski definition) is 2. The van der Waals surface area contributed by atoms with E-state index in [1.54, 1.807) is 11.3 Å². The average molecular weight is 345 g/mol. The Bertz CT molecular complexity index is 783. The molecular weight excluding hydrogens is 330 g/mol. The van der Waals surface area contributed by atoms with Gasteiger partial charge in [0, 0.05) is 22.0 Å². The normalized spacial score (nSPS) is 11.9. The molecule has 0 aliphatic heterocycles. The molecule has 0 saturated heterocycles. The van der Waals surface area contributed by atoms with Crippen LogP contribution in [0.15, 0.2) is 35.0 Å². The van der Waals surface area contributed by atoms with Crippen molar-refractivity contribution in [1.82, 2.24) is 19.9 Å². The van der Waals surface area contributed by atoms with Gasteiger partial charge in [0.15, 0.2) is 0 Å². The fourth-order valence-corrected chi connectivity index (χ4v) is 3.20. The number of benzene rings is 1. The molecule has 8 heteroatoms. The first-order valence-electron chi connectivity index (χ1n) is 6.99. The van der Waals surface area contributed by atoms with Gasteiger partial charge in [-0.25, -0.2) is 9.78 Å². The first-order chi connectivity index (χ1) is 11.1. The molecule has 0 aliphatic carbocycles. The number of nitrogens with zero attached hydrogens (tertiary/aromatic N) is 3. The number of thiazole rings is 1. The number of aromatic nitrogens is 3. The summed E-state index contributed by atoms with van der Waals surface area (Å²) >= 11 is 2.88. The minimum absolute atomic E-state index is 0.139. The Balaban J connectivity index is 1.59. The van der Waals surface area contributed by atoms with E-state index in [2.05, 4.69) is 25.2 Å². The van der Waals surface area contributed by atoms with Crippen LogP contribution in [0.2, 0.25) is 0 Å². The molecule has 0 aliphatic rings. The van der Waals surface area contributed by atoms with Gasteiger partial charge in [-0.15, -0.1) is 16.4 Å². The number of anilines is 1. The lowest BCUT2D eigenvalue weighted by atomic mass is 10.1. The van der Waals surface area contributed by atoms with E-state index in [0.29, 0.717) is 0 Å². The van der Waals surface area contributed by atoms with Crippen molar-refractivity contribution in [2.75, 3.05) is 5.32 Å². The third-order valence-corrected chi connectivity index (χ3v) is 4.52. The summed E-state index contributed by atoms with van der Waals surface area (Å²) < 4.78 is 3.84. The first kappa shape index (κ1) is 15.6. The predicted molar refractivity (Wildman–Crippen MR) is 92.8 cm³/mol. The number of nitrogens with one attached hydrogen (secondary N) is 2. The summed E-state index contributed by atoms with van der Waals surface area (Å²) in [7, 11) is 0. The number of carbonyl (C=O) groups excluding carboxylic acids is 1. The van der Waals surface area contributed by atoms with E-state index in [-0.39, 0.29) is 12.1 Å². The minimum Gasteiger partial charge on any atom is -0.330 e.